The van der Waals surface area contributed by atoms with Crippen molar-refractivity contribution in [2.24, 2.45) is 0 Å². The van der Waals surface area contributed by atoms with Crippen LogP contribution in [0.2, 0.25) is 0 Å². The van der Waals surface area contributed by atoms with E-state index < -0.39 is 0 Å². The van der Waals surface area contributed by atoms with Gasteiger partial charge in [0.15, 0.2) is 0 Å². The van der Waals surface area contributed by atoms with Crippen LogP contribution < -0.4 is 0 Å². The summed E-state index contributed by atoms with van der Waals surface area (Å²) in [6.07, 6.45) is 0. The highest BCUT2D eigenvalue weighted by Crippen LogP contribution is 2.24. The Morgan fingerprint density at radius 3 is 2.53 bits per heavy atom. The number of halogens is 2. The Morgan fingerprint density at radius 2 is 2.00 bits per heavy atom. The van der Waals surface area contributed by atoms with E-state index in [9.17, 15) is 0 Å². The summed E-state index contributed by atoms with van der Waals surface area (Å²) >= 11 is 9.45. The molecule has 0 aliphatic rings. The van der Waals surface area contributed by atoms with Gasteiger partial charge < -0.3 is 0 Å². The lowest BCUT2D eigenvalue weighted by Gasteiger charge is -2.10. The van der Waals surface area contributed by atoms with Crippen molar-refractivity contribution in [3.8, 4) is 5.69 Å². The first-order valence-electron chi connectivity index (χ1n) is 5.42. The smallest absolute Gasteiger partial charge is 0.0693 e. The second-order valence-corrected chi connectivity index (χ2v) is 5.30. The number of aryl methyl sites for hydroxylation is 1. The van der Waals surface area contributed by atoms with Crippen LogP contribution in [0.1, 0.15) is 22.5 Å². The average Bonchev–Trinajstić information content (AvgIpc) is 2.57. The highest BCUT2D eigenvalue weighted by Gasteiger charge is 2.12. The highest BCUT2D eigenvalue weighted by atomic mass is 79.9. The molecule has 1 heterocycles. The van der Waals surface area contributed by atoms with Crippen LogP contribution in [0.15, 0.2) is 22.7 Å². The van der Waals surface area contributed by atoms with Crippen molar-refractivity contribution in [1.29, 1.82) is 0 Å². The molecule has 2 rings (SSSR count). The van der Waals surface area contributed by atoms with Crippen molar-refractivity contribution in [1.82, 2.24) is 9.78 Å². The lowest BCUT2D eigenvalue weighted by atomic mass is 10.2. The minimum Gasteiger partial charge on any atom is -0.237 e. The molecule has 2 aromatic rings. The minimum absolute atomic E-state index is 0.478. The summed E-state index contributed by atoms with van der Waals surface area (Å²) < 4.78 is 3.00. The molecule has 0 fully saturated rings. The molecule has 90 valence electrons. The number of benzene rings is 1. The molecular formula is C13H14BrClN2. The molecule has 0 unspecified atom stereocenters. The molecule has 0 amide bonds. The standard InChI is InChI=1S/C13H14BrClN2/c1-8-9(2)16-17(10(8)3)13-5-4-12(14)6-11(13)7-15/h4-6H,7H2,1-3H3. The van der Waals surface area contributed by atoms with Crippen LogP contribution in [0.25, 0.3) is 5.69 Å². The summed E-state index contributed by atoms with van der Waals surface area (Å²) in [5.41, 5.74) is 5.58. The van der Waals surface area contributed by atoms with E-state index in [1.807, 2.05) is 29.8 Å². The quantitative estimate of drug-likeness (QED) is 0.756. The van der Waals surface area contributed by atoms with Crippen molar-refractivity contribution in [3.63, 3.8) is 0 Å². The first-order chi connectivity index (χ1) is 8.04. The molecule has 0 radical (unpaired) electrons. The third-order valence-corrected chi connectivity index (χ3v) is 3.85. The van der Waals surface area contributed by atoms with Crippen LogP contribution in [0.4, 0.5) is 0 Å². The van der Waals surface area contributed by atoms with Gasteiger partial charge in [0.25, 0.3) is 0 Å². The summed E-state index contributed by atoms with van der Waals surface area (Å²) in [6, 6.07) is 6.09. The van der Waals surface area contributed by atoms with Crippen molar-refractivity contribution >= 4 is 27.5 Å². The molecule has 0 saturated heterocycles. The number of rotatable bonds is 2. The molecule has 0 aliphatic carbocycles. The maximum absolute atomic E-state index is 5.99. The Bertz CT molecular complexity index is 561. The van der Waals surface area contributed by atoms with Crippen LogP contribution >= 0.6 is 27.5 Å². The number of hydrogen-bond donors (Lipinski definition) is 0. The maximum atomic E-state index is 5.99. The molecule has 0 saturated carbocycles. The van der Waals surface area contributed by atoms with Gasteiger partial charge in [-0.1, -0.05) is 15.9 Å². The Hall–Kier alpha value is -0.800. The molecule has 0 N–H and O–H groups in total. The number of aromatic nitrogens is 2. The molecular weight excluding hydrogens is 300 g/mol. The lowest BCUT2D eigenvalue weighted by Crippen LogP contribution is -2.02. The van der Waals surface area contributed by atoms with E-state index in [0.29, 0.717) is 5.88 Å². The second-order valence-electron chi connectivity index (χ2n) is 4.11. The molecule has 4 heteroatoms. The molecule has 1 aromatic heterocycles. The molecule has 0 bridgehead atoms. The van der Waals surface area contributed by atoms with Gasteiger partial charge in [-0.05, 0) is 50.1 Å². The van der Waals surface area contributed by atoms with Gasteiger partial charge >= 0.3 is 0 Å². The van der Waals surface area contributed by atoms with Crippen LogP contribution in [0.5, 0.6) is 0 Å². The van der Waals surface area contributed by atoms with Crippen molar-refractivity contribution in [3.05, 3.63) is 45.2 Å². The van der Waals surface area contributed by atoms with Crippen molar-refractivity contribution < 1.29 is 0 Å². The first kappa shape index (κ1) is 12.7. The molecule has 0 spiro atoms. The zero-order chi connectivity index (χ0) is 12.6. The van der Waals surface area contributed by atoms with E-state index >= 15 is 0 Å². The fourth-order valence-electron chi connectivity index (χ4n) is 1.82. The zero-order valence-corrected chi connectivity index (χ0v) is 12.4. The fourth-order valence-corrected chi connectivity index (χ4v) is 2.45. The van der Waals surface area contributed by atoms with Crippen LogP contribution in [0.3, 0.4) is 0 Å². The van der Waals surface area contributed by atoms with E-state index in [-0.39, 0.29) is 0 Å². The van der Waals surface area contributed by atoms with Gasteiger partial charge in [0.1, 0.15) is 0 Å². The summed E-state index contributed by atoms with van der Waals surface area (Å²) in [5.74, 6) is 0.478. The van der Waals surface area contributed by atoms with Gasteiger partial charge in [-0.25, -0.2) is 4.68 Å². The summed E-state index contributed by atoms with van der Waals surface area (Å²) in [7, 11) is 0. The average molecular weight is 314 g/mol. The van der Waals surface area contributed by atoms with Crippen LogP contribution in [0, 0.1) is 20.8 Å². The third kappa shape index (κ3) is 2.26. The first-order valence-corrected chi connectivity index (χ1v) is 6.75. The molecule has 1 aromatic carbocycles. The van der Waals surface area contributed by atoms with Crippen molar-refractivity contribution in [2.45, 2.75) is 26.7 Å². The van der Waals surface area contributed by atoms with Crippen LogP contribution in [-0.4, -0.2) is 9.78 Å². The normalized spacial score (nSPS) is 10.9. The molecule has 17 heavy (non-hydrogen) atoms. The van der Waals surface area contributed by atoms with Crippen molar-refractivity contribution in [2.75, 3.05) is 0 Å². The maximum Gasteiger partial charge on any atom is 0.0693 e. The van der Waals surface area contributed by atoms with Gasteiger partial charge in [0, 0.05) is 16.0 Å². The fraction of sp³-hybridized carbons (Fsp3) is 0.308. The number of alkyl halides is 1. The number of hydrogen-bond acceptors (Lipinski definition) is 1. The van der Waals surface area contributed by atoms with E-state index in [4.69, 9.17) is 11.6 Å². The Labute approximate surface area is 115 Å². The van der Waals surface area contributed by atoms with E-state index in [2.05, 4.69) is 34.9 Å². The minimum atomic E-state index is 0.478. The zero-order valence-electron chi connectivity index (χ0n) is 10.1. The van der Waals surface area contributed by atoms with E-state index in [0.717, 1.165) is 27.1 Å². The summed E-state index contributed by atoms with van der Waals surface area (Å²) in [6.45, 7) is 6.20. The van der Waals surface area contributed by atoms with E-state index in [1.165, 1.54) is 5.56 Å². The van der Waals surface area contributed by atoms with Gasteiger partial charge in [-0.2, -0.15) is 5.10 Å². The molecule has 0 aliphatic heterocycles. The number of nitrogens with zero attached hydrogens (tertiary/aromatic N) is 2. The Morgan fingerprint density at radius 1 is 1.29 bits per heavy atom. The topological polar surface area (TPSA) is 17.8 Å². The van der Waals surface area contributed by atoms with Gasteiger partial charge in [0.2, 0.25) is 0 Å². The predicted molar refractivity (Wildman–Crippen MR) is 75.0 cm³/mol. The monoisotopic (exact) mass is 312 g/mol. The lowest BCUT2D eigenvalue weighted by molar-refractivity contribution is 0.825. The van der Waals surface area contributed by atoms with E-state index in [1.54, 1.807) is 0 Å². The highest BCUT2D eigenvalue weighted by molar-refractivity contribution is 9.10. The molecule has 2 nitrogen and oxygen atoms in total. The van der Waals surface area contributed by atoms with Gasteiger partial charge in [-0.3, -0.25) is 0 Å². The second kappa shape index (κ2) is 4.83. The van der Waals surface area contributed by atoms with Gasteiger partial charge in [-0.15, -0.1) is 11.6 Å². The predicted octanol–water partition coefficient (Wildman–Crippen LogP) is 4.30. The summed E-state index contributed by atoms with van der Waals surface area (Å²) in [4.78, 5) is 0. The Balaban J connectivity index is 2.64. The van der Waals surface area contributed by atoms with Gasteiger partial charge in [0.05, 0.1) is 11.4 Å². The van der Waals surface area contributed by atoms with Crippen LogP contribution in [-0.2, 0) is 5.88 Å². The third-order valence-electron chi connectivity index (χ3n) is 3.07. The Kier molecular flexibility index (Phi) is 3.59. The summed E-state index contributed by atoms with van der Waals surface area (Å²) in [5, 5.41) is 4.56. The largest absolute Gasteiger partial charge is 0.237 e. The molecule has 0 atom stereocenters. The SMILES string of the molecule is Cc1nn(-c2ccc(Br)cc2CCl)c(C)c1C.